The molecule has 0 bridgehead atoms. The van der Waals surface area contributed by atoms with Crippen LogP contribution in [0.4, 0.5) is 11.4 Å². The van der Waals surface area contributed by atoms with E-state index in [0.717, 1.165) is 0 Å². The van der Waals surface area contributed by atoms with Crippen LogP contribution in [-0.4, -0.2) is 88.7 Å². The van der Waals surface area contributed by atoms with Crippen LogP contribution in [0.2, 0.25) is 0 Å². The number of amides is 1. The van der Waals surface area contributed by atoms with Crippen molar-refractivity contribution in [2.45, 2.75) is 4.90 Å². The van der Waals surface area contributed by atoms with E-state index >= 15 is 0 Å². The van der Waals surface area contributed by atoms with Gasteiger partial charge in [0.25, 0.3) is 11.6 Å². The molecule has 0 unspecified atom stereocenters. The third-order valence-corrected chi connectivity index (χ3v) is 8.73. The summed E-state index contributed by atoms with van der Waals surface area (Å²) in [4.78, 5) is 41.1. The van der Waals surface area contributed by atoms with Crippen LogP contribution in [0.3, 0.4) is 0 Å². The summed E-state index contributed by atoms with van der Waals surface area (Å²) in [5.74, 6) is -0.280. The molecular weight excluding hydrogens is 552 g/mol. The molecule has 1 aliphatic rings. The summed E-state index contributed by atoms with van der Waals surface area (Å²) in [6, 6.07) is 14.8. The van der Waals surface area contributed by atoms with Gasteiger partial charge in [-0.15, -0.1) is 0 Å². The van der Waals surface area contributed by atoms with Crippen LogP contribution < -0.4 is 14.4 Å². The molecule has 1 heterocycles. The van der Waals surface area contributed by atoms with E-state index in [1.54, 1.807) is 31.1 Å². The van der Waals surface area contributed by atoms with Crippen molar-refractivity contribution in [2.75, 3.05) is 59.4 Å². The van der Waals surface area contributed by atoms with Crippen LogP contribution >= 0.6 is 0 Å². The topological polar surface area (TPSA) is 140 Å². The number of carbonyl (C=O) groups is 2. The van der Waals surface area contributed by atoms with Crippen molar-refractivity contribution in [2.24, 2.45) is 0 Å². The number of methoxy groups -OCH3 is 2. The second-order valence-electron chi connectivity index (χ2n) is 9.44. The van der Waals surface area contributed by atoms with E-state index in [1.807, 2.05) is 0 Å². The molecule has 1 saturated heterocycles. The molecule has 0 atom stereocenters. The highest BCUT2D eigenvalue weighted by Gasteiger charge is 2.32. The van der Waals surface area contributed by atoms with Gasteiger partial charge in [0.1, 0.15) is 5.69 Å². The van der Waals surface area contributed by atoms with Crippen molar-refractivity contribution in [3.63, 3.8) is 0 Å². The van der Waals surface area contributed by atoms with Gasteiger partial charge < -0.3 is 19.3 Å². The molecule has 3 aromatic carbocycles. The first-order chi connectivity index (χ1) is 19.5. The Kier molecular flexibility index (Phi) is 8.59. The van der Waals surface area contributed by atoms with E-state index in [-0.39, 0.29) is 59.2 Å². The molecule has 4 rings (SSSR count). The molecule has 12 nitrogen and oxygen atoms in total. The minimum Gasteiger partial charge on any atom is -0.493 e. The summed E-state index contributed by atoms with van der Waals surface area (Å²) in [5.41, 5.74) is 0.430. The molecule has 0 N–H and O–H groups in total. The zero-order valence-electron chi connectivity index (χ0n) is 23.1. The van der Waals surface area contributed by atoms with Crippen molar-refractivity contribution in [1.29, 1.82) is 0 Å². The first kappa shape index (κ1) is 29.5. The summed E-state index contributed by atoms with van der Waals surface area (Å²) in [5, 5.41) is 11.6. The molecule has 0 spiro atoms. The van der Waals surface area contributed by atoms with Crippen LogP contribution in [0.5, 0.6) is 11.5 Å². The van der Waals surface area contributed by atoms with E-state index in [9.17, 15) is 28.1 Å². The summed E-state index contributed by atoms with van der Waals surface area (Å²) < 4.78 is 38.3. The molecule has 0 saturated carbocycles. The zero-order chi connectivity index (χ0) is 29.9. The lowest BCUT2D eigenvalue weighted by atomic mass is 9.96. The van der Waals surface area contributed by atoms with Gasteiger partial charge in [-0.05, 0) is 30.3 Å². The number of nitrogens with zero attached hydrogens (tertiary/aromatic N) is 4. The smallest absolute Gasteiger partial charge is 0.293 e. The van der Waals surface area contributed by atoms with E-state index < -0.39 is 26.6 Å². The maximum atomic E-state index is 13.5. The van der Waals surface area contributed by atoms with Gasteiger partial charge in [-0.2, -0.15) is 4.31 Å². The minimum absolute atomic E-state index is 0.0419. The first-order valence-electron chi connectivity index (χ1n) is 12.6. The quantitative estimate of drug-likeness (QED) is 0.212. The maximum absolute atomic E-state index is 13.5. The molecule has 1 aliphatic heterocycles. The fourth-order valence-corrected chi connectivity index (χ4v) is 6.08. The highest BCUT2D eigenvalue weighted by atomic mass is 32.2. The number of hydrogen-bond donors (Lipinski definition) is 0. The standard InChI is InChI=1S/C28H30N4O8S/c1-29(2)23-11-9-19(17-24(23)32(35)36)27(33)21-7-5-6-8-22(21)28(34)30-13-15-31(16-14-30)41(37,38)20-10-12-25(39-3)26(18-20)40-4/h5-12,17-18H,13-16H2,1-4H3. The van der Waals surface area contributed by atoms with Gasteiger partial charge in [-0.25, -0.2) is 8.42 Å². The molecule has 1 fully saturated rings. The zero-order valence-corrected chi connectivity index (χ0v) is 23.9. The second-order valence-corrected chi connectivity index (χ2v) is 11.4. The number of ketones is 1. The lowest BCUT2D eigenvalue weighted by Crippen LogP contribution is -2.50. The normalized spacial score (nSPS) is 13.9. The van der Waals surface area contributed by atoms with Gasteiger partial charge in [0, 0.05) is 63.5 Å². The molecule has 0 radical (unpaired) electrons. The van der Waals surface area contributed by atoms with E-state index in [0.29, 0.717) is 11.4 Å². The number of rotatable bonds is 9. The summed E-state index contributed by atoms with van der Waals surface area (Å²) in [7, 11) is 2.34. The lowest BCUT2D eigenvalue weighted by molar-refractivity contribution is -0.384. The van der Waals surface area contributed by atoms with Crippen LogP contribution in [-0.2, 0) is 10.0 Å². The van der Waals surface area contributed by atoms with Crippen LogP contribution in [0, 0.1) is 10.1 Å². The predicted octanol–water partition coefficient (Wildman–Crippen LogP) is 3.06. The average Bonchev–Trinajstić information content (AvgIpc) is 2.99. The number of hydrogen-bond acceptors (Lipinski definition) is 9. The van der Waals surface area contributed by atoms with Crippen molar-refractivity contribution >= 4 is 33.1 Å². The number of anilines is 1. The molecule has 13 heteroatoms. The Balaban J connectivity index is 1.54. The van der Waals surface area contributed by atoms with Crippen molar-refractivity contribution in [3.8, 4) is 11.5 Å². The number of nitro benzene ring substituents is 1. The highest BCUT2D eigenvalue weighted by Crippen LogP contribution is 2.32. The Morgan fingerprint density at radius 3 is 2.10 bits per heavy atom. The highest BCUT2D eigenvalue weighted by molar-refractivity contribution is 7.89. The van der Waals surface area contributed by atoms with Crippen LogP contribution in [0.15, 0.2) is 65.6 Å². The van der Waals surface area contributed by atoms with Gasteiger partial charge in [-0.3, -0.25) is 19.7 Å². The van der Waals surface area contributed by atoms with E-state index in [1.165, 1.54) is 72.0 Å². The Morgan fingerprint density at radius 1 is 0.878 bits per heavy atom. The molecule has 216 valence electrons. The van der Waals surface area contributed by atoms with E-state index in [2.05, 4.69) is 0 Å². The SMILES string of the molecule is COc1ccc(S(=O)(=O)N2CCN(C(=O)c3ccccc3C(=O)c3ccc(N(C)C)c([N+](=O)[O-])c3)CC2)cc1OC. The average molecular weight is 583 g/mol. The summed E-state index contributed by atoms with van der Waals surface area (Å²) in [6.07, 6.45) is 0. The van der Waals surface area contributed by atoms with Crippen molar-refractivity contribution < 1.29 is 32.4 Å². The third kappa shape index (κ3) is 5.86. The minimum atomic E-state index is -3.86. The summed E-state index contributed by atoms with van der Waals surface area (Å²) >= 11 is 0. The largest absolute Gasteiger partial charge is 0.493 e. The number of sulfonamides is 1. The van der Waals surface area contributed by atoms with Gasteiger partial charge in [-0.1, -0.05) is 18.2 Å². The van der Waals surface area contributed by atoms with Crippen LogP contribution in [0.1, 0.15) is 26.3 Å². The van der Waals surface area contributed by atoms with Gasteiger partial charge in [0.05, 0.1) is 29.6 Å². The molecule has 1 amide bonds. The van der Waals surface area contributed by atoms with Crippen molar-refractivity contribution in [1.82, 2.24) is 9.21 Å². The van der Waals surface area contributed by atoms with E-state index in [4.69, 9.17) is 9.47 Å². The molecule has 0 aromatic heterocycles. The lowest BCUT2D eigenvalue weighted by Gasteiger charge is -2.34. The number of carbonyl (C=O) groups excluding carboxylic acids is 2. The van der Waals surface area contributed by atoms with Gasteiger partial charge in [0.2, 0.25) is 10.0 Å². The molecule has 0 aliphatic carbocycles. The van der Waals surface area contributed by atoms with Crippen LogP contribution in [0.25, 0.3) is 0 Å². The molecular formula is C28H30N4O8S. The predicted molar refractivity (Wildman–Crippen MR) is 152 cm³/mol. The Bertz CT molecular complexity index is 1600. The van der Waals surface area contributed by atoms with Crippen molar-refractivity contribution in [3.05, 3.63) is 87.5 Å². The fraction of sp³-hybridized carbons (Fsp3) is 0.286. The fourth-order valence-electron chi connectivity index (χ4n) is 4.64. The molecule has 3 aromatic rings. The number of ether oxygens (including phenoxy) is 2. The molecule has 41 heavy (non-hydrogen) atoms. The Morgan fingerprint density at radius 2 is 1.51 bits per heavy atom. The maximum Gasteiger partial charge on any atom is 0.293 e. The monoisotopic (exact) mass is 582 g/mol. The second kappa shape index (κ2) is 11.9. The number of benzene rings is 3. The summed E-state index contributed by atoms with van der Waals surface area (Å²) in [6.45, 7) is 0.321. The Labute approximate surface area is 237 Å². The number of nitro groups is 1. The number of piperazine rings is 1. The van der Waals surface area contributed by atoms with Gasteiger partial charge >= 0.3 is 0 Å². The third-order valence-electron chi connectivity index (χ3n) is 6.84. The first-order valence-corrected chi connectivity index (χ1v) is 14.0. The Hall–Kier alpha value is -4.49. The van der Waals surface area contributed by atoms with Gasteiger partial charge in [0.15, 0.2) is 17.3 Å².